The van der Waals surface area contributed by atoms with Gasteiger partial charge in [0.1, 0.15) is 0 Å². The van der Waals surface area contributed by atoms with E-state index in [-0.39, 0.29) is 11.6 Å². The quantitative estimate of drug-likeness (QED) is 0.890. The van der Waals surface area contributed by atoms with Gasteiger partial charge in [0.15, 0.2) is 0 Å². The van der Waals surface area contributed by atoms with E-state index in [1.165, 1.54) is 36.4 Å². The molecule has 2 atom stereocenters. The fraction of sp³-hybridized carbons (Fsp3) is 0.714. The van der Waals surface area contributed by atoms with Crippen molar-refractivity contribution in [2.45, 2.75) is 51.6 Å². The molecule has 0 bridgehead atoms. The Hall–Kier alpha value is -0.380. The molecule has 0 saturated carbocycles. The van der Waals surface area contributed by atoms with Crippen LogP contribution in [0.15, 0.2) is 11.4 Å². The fourth-order valence-corrected chi connectivity index (χ4v) is 3.59. The monoisotopic (exact) mass is 252 g/mol. The van der Waals surface area contributed by atoms with Crippen molar-refractivity contribution in [2.75, 3.05) is 13.1 Å². The molecule has 2 nitrogen and oxygen atoms in total. The van der Waals surface area contributed by atoms with Crippen LogP contribution in [-0.2, 0) is 0 Å². The number of hydrogen-bond acceptors (Lipinski definition) is 3. The van der Waals surface area contributed by atoms with Crippen molar-refractivity contribution in [3.63, 3.8) is 0 Å². The Morgan fingerprint density at radius 1 is 1.47 bits per heavy atom. The first-order valence-corrected chi connectivity index (χ1v) is 7.51. The third-order valence-electron chi connectivity index (χ3n) is 4.32. The highest BCUT2D eigenvalue weighted by atomic mass is 32.1. The summed E-state index contributed by atoms with van der Waals surface area (Å²) in [6, 6.07) is 2.38. The van der Waals surface area contributed by atoms with Gasteiger partial charge in [-0.1, -0.05) is 6.92 Å². The average Bonchev–Trinajstić information content (AvgIpc) is 2.97. The number of thiophene rings is 1. The SMILES string of the molecule is CCC(C)(C(N)c1csc(C)c1)N1CCCC1. The smallest absolute Gasteiger partial charge is 0.0487 e. The Bertz CT molecular complexity index is 368. The first kappa shape index (κ1) is 13.1. The molecule has 1 aliphatic heterocycles. The van der Waals surface area contributed by atoms with Crippen molar-refractivity contribution in [3.05, 3.63) is 21.9 Å². The lowest BCUT2D eigenvalue weighted by Gasteiger charge is -2.42. The number of nitrogens with zero attached hydrogens (tertiary/aromatic N) is 1. The van der Waals surface area contributed by atoms with E-state index in [4.69, 9.17) is 5.73 Å². The molecular formula is C14H24N2S. The summed E-state index contributed by atoms with van der Waals surface area (Å²) in [4.78, 5) is 3.94. The zero-order chi connectivity index (χ0) is 12.5. The van der Waals surface area contributed by atoms with E-state index in [1.54, 1.807) is 11.3 Å². The molecule has 0 aliphatic carbocycles. The molecule has 1 saturated heterocycles. The topological polar surface area (TPSA) is 29.3 Å². The zero-order valence-corrected chi connectivity index (χ0v) is 12.0. The van der Waals surface area contributed by atoms with Crippen LogP contribution in [0.3, 0.4) is 0 Å². The number of rotatable bonds is 4. The molecule has 96 valence electrons. The van der Waals surface area contributed by atoms with Crippen LogP contribution in [0.2, 0.25) is 0 Å². The third-order valence-corrected chi connectivity index (χ3v) is 5.20. The highest BCUT2D eigenvalue weighted by molar-refractivity contribution is 7.10. The maximum atomic E-state index is 6.54. The summed E-state index contributed by atoms with van der Waals surface area (Å²) in [5, 5.41) is 2.23. The molecule has 0 amide bonds. The molecule has 1 aromatic rings. The number of nitrogens with two attached hydrogens (primary N) is 1. The Balaban J connectivity index is 2.21. The predicted octanol–water partition coefficient (Wildman–Crippen LogP) is 3.32. The van der Waals surface area contributed by atoms with Gasteiger partial charge in [-0.2, -0.15) is 0 Å². The second-order valence-corrected chi connectivity index (χ2v) is 6.49. The second kappa shape index (κ2) is 5.09. The van der Waals surface area contributed by atoms with E-state index in [2.05, 4.69) is 37.1 Å². The van der Waals surface area contributed by atoms with Crippen molar-refractivity contribution in [1.82, 2.24) is 4.90 Å². The minimum atomic E-state index is 0.115. The maximum Gasteiger partial charge on any atom is 0.0487 e. The van der Waals surface area contributed by atoms with E-state index in [9.17, 15) is 0 Å². The lowest BCUT2D eigenvalue weighted by Crippen LogP contribution is -2.51. The van der Waals surface area contributed by atoms with E-state index in [0.717, 1.165) is 6.42 Å². The van der Waals surface area contributed by atoms with Crippen LogP contribution in [0.25, 0.3) is 0 Å². The molecular weight excluding hydrogens is 228 g/mol. The van der Waals surface area contributed by atoms with Gasteiger partial charge in [0, 0.05) is 16.5 Å². The molecule has 2 N–H and O–H groups in total. The standard InChI is InChI=1S/C14H24N2S/c1-4-14(3,16-7-5-6-8-16)13(15)12-9-11(2)17-10-12/h9-10,13H,4-8,15H2,1-3H3. The summed E-state index contributed by atoms with van der Waals surface area (Å²) < 4.78 is 0. The maximum absolute atomic E-state index is 6.54. The van der Waals surface area contributed by atoms with Gasteiger partial charge < -0.3 is 5.73 Å². The first-order chi connectivity index (χ1) is 8.08. The lowest BCUT2D eigenvalue weighted by atomic mass is 9.84. The van der Waals surface area contributed by atoms with Gasteiger partial charge >= 0.3 is 0 Å². The third kappa shape index (κ3) is 2.42. The zero-order valence-electron chi connectivity index (χ0n) is 11.2. The summed E-state index contributed by atoms with van der Waals surface area (Å²) in [5.74, 6) is 0. The molecule has 2 unspecified atom stereocenters. The van der Waals surface area contributed by atoms with Gasteiger partial charge in [-0.05, 0) is 63.2 Å². The molecule has 17 heavy (non-hydrogen) atoms. The van der Waals surface area contributed by atoms with E-state index in [1.807, 2.05) is 0 Å². The van der Waals surface area contributed by atoms with E-state index >= 15 is 0 Å². The van der Waals surface area contributed by atoms with Crippen molar-refractivity contribution < 1.29 is 0 Å². The lowest BCUT2D eigenvalue weighted by molar-refractivity contribution is 0.100. The van der Waals surface area contributed by atoms with E-state index < -0.39 is 0 Å². The van der Waals surface area contributed by atoms with Crippen LogP contribution in [0.4, 0.5) is 0 Å². The molecule has 0 spiro atoms. The number of aryl methyl sites for hydroxylation is 1. The number of likely N-dealkylation sites (tertiary alicyclic amines) is 1. The summed E-state index contributed by atoms with van der Waals surface area (Å²) in [7, 11) is 0. The molecule has 0 radical (unpaired) electrons. The number of hydrogen-bond donors (Lipinski definition) is 1. The molecule has 1 aromatic heterocycles. The van der Waals surface area contributed by atoms with Crippen LogP contribution in [0.5, 0.6) is 0 Å². The molecule has 1 fully saturated rings. The van der Waals surface area contributed by atoms with Gasteiger partial charge in [0.25, 0.3) is 0 Å². The van der Waals surface area contributed by atoms with Crippen molar-refractivity contribution in [1.29, 1.82) is 0 Å². The van der Waals surface area contributed by atoms with Gasteiger partial charge in [-0.15, -0.1) is 11.3 Å². The van der Waals surface area contributed by atoms with Crippen LogP contribution in [0.1, 0.15) is 49.6 Å². The summed E-state index contributed by atoms with van der Waals surface area (Å²) >= 11 is 1.80. The van der Waals surface area contributed by atoms with Gasteiger partial charge in [0.2, 0.25) is 0 Å². The summed E-state index contributed by atoms with van der Waals surface area (Å²) in [6.45, 7) is 9.16. The largest absolute Gasteiger partial charge is 0.322 e. The molecule has 0 aromatic carbocycles. The Morgan fingerprint density at radius 3 is 2.59 bits per heavy atom. The van der Waals surface area contributed by atoms with Crippen LogP contribution in [0, 0.1) is 6.92 Å². The molecule has 1 aliphatic rings. The van der Waals surface area contributed by atoms with Crippen molar-refractivity contribution in [2.24, 2.45) is 5.73 Å². The van der Waals surface area contributed by atoms with Gasteiger partial charge in [-0.3, -0.25) is 4.90 Å². The highest BCUT2D eigenvalue weighted by Gasteiger charge is 2.38. The van der Waals surface area contributed by atoms with Crippen LogP contribution >= 0.6 is 11.3 Å². The Morgan fingerprint density at radius 2 is 2.12 bits per heavy atom. The normalized spacial score (nSPS) is 22.6. The molecule has 2 rings (SSSR count). The fourth-order valence-electron chi connectivity index (χ4n) is 2.85. The van der Waals surface area contributed by atoms with Crippen molar-refractivity contribution >= 4 is 11.3 Å². The predicted molar refractivity (Wildman–Crippen MR) is 75.5 cm³/mol. The minimum absolute atomic E-state index is 0.115. The van der Waals surface area contributed by atoms with Gasteiger partial charge in [0.05, 0.1) is 0 Å². The first-order valence-electron chi connectivity index (χ1n) is 6.63. The Labute approximate surface area is 109 Å². The highest BCUT2D eigenvalue weighted by Crippen LogP contribution is 2.36. The molecule has 2 heterocycles. The Kier molecular flexibility index (Phi) is 3.91. The summed E-state index contributed by atoms with van der Waals surface area (Å²) in [5.41, 5.74) is 7.97. The summed E-state index contributed by atoms with van der Waals surface area (Å²) in [6.07, 6.45) is 3.76. The molecule has 3 heteroatoms. The van der Waals surface area contributed by atoms with E-state index in [0.29, 0.717) is 0 Å². The minimum Gasteiger partial charge on any atom is -0.322 e. The van der Waals surface area contributed by atoms with Gasteiger partial charge in [-0.25, -0.2) is 0 Å². The second-order valence-electron chi connectivity index (χ2n) is 5.37. The van der Waals surface area contributed by atoms with Crippen LogP contribution < -0.4 is 5.73 Å². The van der Waals surface area contributed by atoms with Crippen molar-refractivity contribution in [3.8, 4) is 0 Å². The average molecular weight is 252 g/mol. The van der Waals surface area contributed by atoms with Crippen LogP contribution in [-0.4, -0.2) is 23.5 Å².